The standard InChI is InChI=1S/C9H11F3N4/c10-9(11,12)7-3-14-4-8(15-7)16-2-1-6(13)5-16/h3-4,6H,1-2,5,13H2. The van der Waals surface area contributed by atoms with E-state index < -0.39 is 11.9 Å². The van der Waals surface area contributed by atoms with Crippen LogP contribution in [0.25, 0.3) is 0 Å². The predicted molar refractivity (Wildman–Crippen MR) is 51.8 cm³/mol. The lowest BCUT2D eigenvalue weighted by molar-refractivity contribution is -0.141. The van der Waals surface area contributed by atoms with E-state index in [9.17, 15) is 13.2 Å². The van der Waals surface area contributed by atoms with Gasteiger partial charge in [0.05, 0.1) is 12.4 Å². The van der Waals surface area contributed by atoms with Gasteiger partial charge in [0.2, 0.25) is 0 Å². The molecule has 1 aliphatic heterocycles. The molecular weight excluding hydrogens is 221 g/mol. The molecule has 1 saturated heterocycles. The van der Waals surface area contributed by atoms with Crippen LogP contribution < -0.4 is 10.6 Å². The topological polar surface area (TPSA) is 55.0 Å². The molecule has 0 spiro atoms. The highest BCUT2D eigenvalue weighted by atomic mass is 19.4. The van der Waals surface area contributed by atoms with E-state index >= 15 is 0 Å². The van der Waals surface area contributed by atoms with E-state index in [2.05, 4.69) is 9.97 Å². The Bertz CT molecular complexity index is 379. The molecule has 1 fully saturated rings. The van der Waals surface area contributed by atoms with Crippen molar-refractivity contribution in [3.8, 4) is 0 Å². The van der Waals surface area contributed by atoms with Gasteiger partial charge < -0.3 is 10.6 Å². The lowest BCUT2D eigenvalue weighted by atomic mass is 10.3. The molecule has 0 aromatic carbocycles. The molecule has 1 aromatic rings. The smallest absolute Gasteiger partial charge is 0.354 e. The molecule has 2 rings (SSSR count). The summed E-state index contributed by atoms with van der Waals surface area (Å²) in [6, 6.07) is -0.00339. The van der Waals surface area contributed by atoms with E-state index in [4.69, 9.17) is 5.73 Å². The van der Waals surface area contributed by atoms with Crippen molar-refractivity contribution in [3.05, 3.63) is 18.1 Å². The van der Waals surface area contributed by atoms with Gasteiger partial charge >= 0.3 is 6.18 Å². The quantitative estimate of drug-likeness (QED) is 0.785. The van der Waals surface area contributed by atoms with Gasteiger partial charge in [-0.2, -0.15) is 13.2 Å². The monoisotopic (exact) mass is 232 g/mol. The van der Waals surface area contributed by atoms with E-state index in [0.29, 0.717) is 13.1 Å². The maximum absolute atomic E-state index is 12.4. The van der Waals surface area contributed by atoms with Crippen LogP contribution in [0.4, 0.5) is 19.0 Å². The highest BCUT2D eigenvalue weighted by Crippen LogP contribution is 2.28. The average molecular weight is 232 g/mol. The van der Waals surface area contributed by atoms with Gasteiger partial charge in [0, 0.05) is 19.1 Å². The molecule has 0 bridgehead atoms. The Kier molecular flexibility index (Phi) is 2.71. The van der Waals surface area contributed by atoms with Crippen LogP contribution in [0.1, 0.15) is 12.1 Å². The Morgan fingerprint density at radius 3 is 2.69 bits per heavy atom. The third-order valence-electron chi connectivity index (χ3n) is 2.46. The fourth-order valence-electron chi connectivity index (χ4n) is 1.64. The van der Waals surface area contributed by atoms with Gasteiger partial charge in [0.25, 0.3) is 0 Å². The van der Waals surface area contributed by atoms with Crippen LogP contribution in [-0.2, 0) is 6.18 Å². The first-order valence-corrected chi connectivity index (χ1v) is 4.86. The van der Waals surface area contributed by atoms with Gasteiger partial charge in [-0.3, -0.25) is 4.98 Å². The number of nitrogens with two attached hydrogens (primary N) is 1. The molecule has 1 atom stereocenters. The Labute approximate surface area is 90.3 Å². The van der Waals surface area contributed by atoms with Crippen molar-refractivity contribution < 1.29 is 13.2 Å². The predicted octanol–water partition coefficient (Wildman–Crippen LogP) is 1.03. The van der Waals surface area contributed by atoms with Crippen molar-refractivity contribution >= 4 is 5.82 Å². The van der Waals surface area contributed by atoms with Gasteiger partial charge in [0.1, 0.15) is 5.82 Å². The van der Waals surface area contributed by atoms with Crippen LogP contribution >= 0.6 is 0 Å². The van der Waals surface area contributed by atoms with Crippen LogP contribution in [0.5, 0.6) is 0 Å². The van der Waals surface area contributed by atoms with Crippen LogP contribution in [0, 0.1) is 0 Å². The first kappa shape index (κ1) is 11.1. The summed E-state index contributed by atoms with van der Waals surface area (Å²) >= 11 is 0. The molecule has 4 nitrogen and oxygen atoms in total. The van der Waals surface area contributed by atoms with E-state index in [1.165, 1.54) is 6.20 Å². The summed E-state index contributed by atoms with van der Waals surface area (Å²) in [6.45, 7) is 1.15. The molecule has 1 aromatic heterocycles. The minimum Gasteiger partial charge on any atom is -0.354 e. The SMILES string of the molecule is NC1CCN(c2cncc(C(F)(F)F)n2)C1. The molecule has 0 radical (unpaired) electrons. The number of alkyl halides is 3. The third-order valence-corrected chi connectivity index (χ3v) is 2.46. The van der Waals surface area contributed by atoms with E-state index in [1.807, 2.05) is 0 Å². The lowest BCUT2D eigenvalue weighted by Crippen LogP contribution is -2.27. The van der Waals surface area contributed by atoms with Gasteiger partial charge in [-0.05, 0) is 6.42 Å². The minimum atomic E-state index is -4.45. The molecular formula is C9H11F3N4. The molecule has 88 valence electrons. The number of nitrogens with zero attached hydrogens (tertiary/aromatic N) is 3. The molecule has 16 heavy (non-hydrogen) atoms. The maximum Gasteiger partial charge on any atom is 0.434 e. The van der Waals surface area contributed by atoms with Crippen LogP contribution in [0.2, 0.25) is 0 Å². The number of hydrogen-bond donors (Lipinski definition) is 1. The van der Waals surface area contributed by atoms with Crippen LogP contribution in [0.15, 0.2) is 12.4 Å². The fraction of sp³-hybridized carbons (Fsp3) is 0.556. The van der Waals surface area contributed by atoms with Crippen molar-refractivity contribution in [2.75, 3.05) is 18.0 Å². The van der Waals surface area contributed by atoms with Crippen LogP contribution in [0.3, 0.4) is 0 Å². The van der Waals surface area contributed by atoms with E-state index in [0.717, 1.165) is 12.6 Å². The number of aromatic nitrogens is 2. The molecule has 2 N–H and O–H groups in total. The number of anilines is 1. The zero-order valence-corrected chi connectivity index (χ0v) is 8.41. The highest BCUT2D eigenvalue weighted by molar-refractivity contribution is 5.38. The Morgan fingerprint density at radius 2 is 2.12 bits per heavy atom. The summed E-state index contributed by atoms with van der Waals surface area (Å²) in [6.07, 6.45) is -1.64. The van der Waals surface area contributed by atoms with Crippen molar-refractivity contribution in [2.45, 2.75) is 18.6 Å². The van der Waals surface area contributed by atoms with Gasteiger partial charge in [0.15, 0.2) is 5.69 Å². The average Bonchev–Trinajstić information content (AvgIpc) is 2.64. The zero-order chi connectivity index (χ0) is 11.8. The fourth-order valence-corrected chi connectivity index (χ4v) is 1.64. The first-order chi connectivity index (χ1) is 7.47. The molecule has 2 heterocycles. The normalized spacial score (nSPS) is 21.5. The molecule has 1 unspecified atom stereocenters. The van der Waals surface area contributed by atoms with Gasteiger partial charge in [-0.15, -0.1) is 0 Å². The summed E-state index contributed by atoms with van der Waals surface area (Å²) in [5.41, 5.74) is 4.71. The van der Waals surface area contributed by atoms with E-state index in [1.54, 1.807) is 4.90 Å². The zero-order valence-electron chi connectivity index (χ0n) is 8.41. The summed E-state index contributed by atoms with van der Waals surface area (Å²) in [5, 5.41) is 0. The third kappa shape index (κ3) is 2.24. The second kappa shape index (κ2) is 3.89. The second-order valence-corrected chi connectivity index (χ2v) is 3.76. The molecule has 0 aliphatic carbocycles. The largest absolute Gasteiger partial charge is 0.434 e. The summed E-state index contributed by atoms with van der Waals surface area (Å²) < 4.78 is 37.2. The molecule has 1 aliphatic rings. The van der Waals surface area contributed by atoms with Crippen molar-refractivity contribution in [3.63, 3.8) is 0 Å². The minimum absolute atomic E-state index is 0.00339. The lowest BCUT2D eigenvalue weighted by Gasteiger charge is -2.17. The van der Waals surface area contributed by atoms with Crippen molar-refractivity contribution in [1.29, 1.82) is 0 Å². The summed E-state index contributed by atoms with van der Waals surface area (Å²) in [4.78, 5) is 8.81. The van der Waals surface area contributed by atoms with Crippen LogP contribution in [-0.4, -0.2) is 29.1 Å². The van der Waals surface area contributed by atoms with Gasteiger partial charge in [-0.1, -0.05) is 0 Å². The van der Waals surface area contributed by atoms with Gasteiger partial charge in [-0.25, -0.2) is 4.98 Å². The van der Waals surface area contributed by atoms with Crippen molar-refractivity contribution in [1.82, 2.24) is 9.97 Å². The Hall–Kier alpha value is -1.37. The second-order valence-electron chi connectivity index (χ2n) is 3.76. The highest BCUT2D eigenvalue weighted by Gasteiger charge is 2.34. The number of hydrogen-bond acceptors (Lipinski definition) is 4. The number of rotatable bonds is 1. The summed E-state index contributed by atoms with van der Waals surface area (Å²) in [5.74, 6) is 0.239. The Balaban J connectivity index is 2.23. The molecule has 7 heteroatoms. The van der Waals surface area contributed by atoms with Crippen molar-refractivity contribution in [2.24, 2.45) is 5.73 Å². The number of halogens is 3. The first-order valence-electron chi connectivity index (χ1n) is 4.86. The summed E-state index contributed by atoms with van der Waals surface area (Å²) in [7, 11) is 0. The Morgan fingerprint density at radius 1 is 1.38 bits per heavy atom. The van der Waals surface area contributed by atoms with E-state index in [-0.39, 0.29) is 11.9 Å². The maximum atomic E-state index is 12.4. The molecule has 0 amide bonds. The molecule has 0 saturated carbocycles.